The number of aromatic nitrogens is 8. The van der Waals surface area contributed by atoms with Gasteiger partial charge in [0.1, 0.15) is 19.0 Å². The van der Waals surface area contributed by atoms with Gasteiger partial charge in [-0.3, -0.25) is 9.89 Å². The second kappa shape index (κ2) is 7.89. The predicted octanol–water partition coefficient (Wildman–Crippen LogP) is 2.17. The molecule has 0 radical (unpaired) electrons. The third kappa shape index (κ3) is 3.48. The molecule has 4 aromatic heterocycles. The molecule has 0 bridgehead atoms. The summed E-state index contributed by atoms with van der Waals surface area (Å²) in [4.78, 5) is 26.2. The van der Waals surface area contributed by atoms with E-state index in [1.165, 1.54) is 22.5 Å². The van der Waals surface area contributed by atoms with Crippen LogP contribution in [0, 0.1) is 0 Å². The monoisotopic (exact) mass is 462 g/mol. The van der Waals surface area contributed by atoms with E-state index in [2.05, 4.69) is 30.2 Å². The Morgan fingerprint density at radius 2 is 2.03 bits per heavy atom. The lowest BCUT2D eigenvalue weighted by Crippen LogP contribution is -2.20. The molecule has 0 atom stereocenters. The summed E-state index contributed by atoms with van der Waals surface area (Å²) in [5, 5.41) is 12.5. The van der Waals surface area contributed by atoms with Crippen LogP contribution in [-0.2, 0) is 12.2 Å². The van der Waals surface area contributed by atoms with Crippen LogP contribution in [-0.4, -0.2) is 52.5 Å². The number of hydrogen-bond donors (Lipinski definition) is 1. The maximum atomic E-state index is 13.0. The predicted molar refractivity (Wildman–Crippen MR) is 120 cm³/mol. The number of fused-ring (bicyclic) bond motifs is 4. The highest BCUT2D eigenvalue weighted by Gasteiger charge is 2.15. The molecule has 1 N–H and O–H groups in total. The van der Waals surface area contributed by atoms with Gasteiger partial charge in [-0.25, -0.2) is 9.55 Å². The van der Waals surface area contributed by atoms with Crippen LogP contribution in [0.3, 0.4) is 0 Å². The smallest absolute Gasteiger partial charge is 0.268 e. The number of ether oxygens (including phenoxy) is 2. The molecule has 5 aromatic rings. The van der Waals surface area contributed by atoms with E-state index in [4.69, 9.17) is 9.47 Å². The zero-order valence-electron chi connectivity index (χ0n) is 17.6. The first-order valence-corrected chi connectivity index (χ1v) is 11.4. The number of thioether (sulfide) groups is 1. The first-order chi connectivity index (χ1) is 16.2. The number of benzene rings is 1. The number of nitrogens with zero attached hydrogens (tertiary/aromatic N) is 7. The standard InChI is InChI=1S/C21H18N8O3S/c1-2-17-23-20(26-25-17)28-6-5-14-13(18(28)30)10-22-19-24-21(27-29(14)19)33-11-12-3-4-15-16(9-12)32-8-7-31-15/h3-6,9-10H,2,7-8,11H2,1H3,(H,23,25,26). The third-order valence-electron chi connectivity index (χ3n) is 5.26. The number of aryl methyl sites for hydroxylation is 1. The Kier molecular flexibility index (Phi) is 4.72. The van der Waals surface area contributed by atoms with Gasteiger partial charge in [-0.15, -0.1) is 10.2 Å². The second-order valence-electron chi connectivity index (χ2n) is 7.36. The molecule has 1 aromatic carbocycles. The summed E-state index contributed by atoms with van der Waals surface area (Å²) in [7, 11) is 0. The van der Waals surface area contributed by atoms with Crippen molar-refractivity contribution in [3.05, 3.63) is 58.4 Å². The van der Waals surface area contributed by atoms with Gasteiger partial charge in [-0.05, 0) is 23.8 Å². The molecular formula is C21H18N8O3S. The number of nitrogens with one attached hydrogen (secondary N) is 1. The number of rotatable bonds is 5. The van der Waals surface area contributed by atoms with E-state index in [9.17, 15) is 4.79 Å². The molecule has 0 unspecified atom stereocenters. The molecule has 1 aliphatic rings. The van der Waals surface area contributed by atoms with Crippen LogP contribution >= 0.6 is 11.8 Å². The molecule has 0 saturated carbocycles. The minimum absolute atomic E-state index is 0.274. The van der Waals surface area contributed by atoms with Crippen LogP contribution in [0.5, 0.6) is 11.5 Å². The highest BCUT2D eigenvalue weighted by Crippen LogP contribution is 2.32. The van der Waals surface area contributed by atoms with Gasteiger partial charge in [0.15, 0.2) is 11.5 Å². The molecule has 166 valence electrons. The topological polar surface area (TPSA) is 125 Å². The highest BCUT2D eigenvalue weighted by atomic mass is 32.2. The zero-order valence-corrected chi connectivity index (χ0v) is 18.4. The van der Waals surface area contributed by atoms with Crippen molar-refractivity contribution >= 4 is 28.4 Å². The molecule has 6 rings (SSSR count). The third-order valence-corrected chi connectivity index (χ3v) is 6.17. The van der Waals surface area contributed by atoms with Crippen LogP contribution in [0.4, 0.5) is 0 Å². The van der Waals surface area contributed by atoms with Gasteiger partial charge >= 0.3 is 0 Å². The van der Waals surface area contributed by atoms with Crippen molar-refractivity contribution in [2.24, 2.45) is 0 Å². The van der Waals surface area contributed by atoms with Gasteiger partial charge in [-0.2, -0.15) is 14.5 Å². The molecular weight excluding hydrogens is 444 g/mol. The average molecular weight is 462 g/mol. The highest BCUT2D eigenvalue weighted by molar-refractivity contribution is 7.98. The van der Waals surface area contributed by atoms with Crippen molar-refractivity contribution in [1.29, 1.82) is 0 Å². The molecule has 0 aliphatic carbocycles. The maximum absolute atomic E-state index is 13.0. The van der Waals surface area contributed by atoms with E-state index in [1.54, 1.807) is 16.8 Å². The Hall–Kier alpha value is -3.93. The summed E-state index contributed by atoms with van der Waals surface area (Å²) in [5.41, 5.74) is 1.41. The number of aromatic amines is 1. The molecule has 0 fully saturated rings. The lowest BCUT2D eigenvalue weighted by molar-refractivity contribution is 0.171. The van der Waals surface area contributed by atoms with Crippen molar-refractivity contribution in [2.75, 3.05) is 13.2 Å². The Morgan fingerprint density at radius 1 is 1.15 bits per heavy atom. The minimum atomic E-state index is -0.274. The number of pyridine rings is 1. The van der Waals surface area contributed by atoms with Crippen molar-refractivity contribution in [2.45, 2.75) is 24.3 Å². The van der Waals surface area contributed by atoms with Crippen LogP contribution < -0.4 is 15.0 Å². The first kappa shape index (κ1) is 19.7. The van der Waals surface area contributed by atoms with E-state index in [0.29, 0.717) is 59.0 Å². The van der Waals surface area contributed by atoms with Gasteiger partial charge in [-0.1, -0.05) is 24.8 Å². The molecule has 0 spiro atoms. The van der Waals surface area contributed by atoms with E-state index in [-0.39, 0.29) is 5.56 Å². The summed E-state index contributed by atoms with van der Waals surface area (Å²) >= 11 is 1.48. The Bertz CT molecular complexity index is 1560. The van der Waals surface area contributed by atoms with Crippen LogP contribution in [0.2, 0.25) is 0 Å². The fourth-order valence-corrected chi connectivity index (χ4v) is 4.36. The summed E-state index contributed by atoms with van der Waals surface area (Å²) in [6.07, 6.45) is 3.85. The van der Waals surface area contributed by atoms with Gasteiger partial charge in [0.2, 0.25) is 5.16 Å². The van der Waals surface area contributed by atoms with Gasteiger partial charge in [0, 0.05) is 24.6 Å². The summed E-state index contributed by atoms with van der Waals surface area (Å²) < 4.78 is 14.2. The number of H-pyrrole nitrogens is 1. The lowest BCUT2D eigenvalue weighted by Gasteiger charge is -2.18. The average Bonchev–Trinajstić information content (AvgIpc) is 3.50. The fraction of sp³-hybridized carbons (Fsp3) is 0.238. The zero-order chi connectivity index (χ0) is 22.4. The van der Waals surface area contributed by atoms with Gasteiger partial charge in [0.05, 0.1) is 10.9 Å². The maximum Gasteiger partial charge on any atom is 0.268 e. The summed E-state index contributed by atoms with van der Waals surface area (Å²) in [6, 6.07) is 7.68. The van der Waals surface area contributed by atoms with Gasteiger partial charge < -0.3 is 9.47 Å². The molecule has 0 amide bonds. The van der Waals surface area contributed by atoms with Crippen LogP contribution in [0.25, 0.3) is 22.6 Å². The van der Waals surface area contributed by atoms with Crippen molar-refractivity contribution in [3.63, 3.8) is 0 Å². The quantitative estimate of drug-likeness (QED) is 0.391. The van der Waals surface area contributed by atoms with E-state index in [1.807, 2.05) is 25.1 Å². The van der Waals surface area contributed by atoms with Crippen molar-refractivity contribution in [3.8, 4) is 17.4 Å². The molecule has 0 saturated heterocycles. The van der Waals surface area contributed by atoms with E-state index in [0.717, 1.165) is 17.1 Å². The Labute approximate surface area is 190 Å². The van der Waals surface area contributed by atoms with Crippen LogP contribution in [0.15, 0.2) is 46.6 Å². The molecule has 33 heavy (non-hydrogen) atoms. The summed E-state index contributed by atoms with van der Waals surface area (Å²) in [5.74, 6) is 3.61. The number of hydrogen-bond acceptors (Lipinski definition) is 9. The largest absolute Gasteiger partial charge is 0.486 e. The Morgan fingerprint density at radius 3 is 2.88 bits per heavy atom. The lowest BCUT2D eigenvalue weighted by atomic mass is 10.2. The molecule has 11 nitrogen and oxygen atoms in total. The van der Waals surface area contributed by atoms with Crippen molar-refractivity contribution in [1.82, 2.24) is 39.3 Å². The molecule has 12 heteroatoms. The van der Waals surface area contributed by atoms with Gasteiger partial charge in [0.25, 0.3) is 17.3 Å². The second-order valence-corrected chi connectivity index (χ2v) is 8.30. The van der Waals surface area contributed by atoms with E-state index < -0.39 is 0 Å². The fourth-order valence-electron chi connectivity index (χ4n) is 3.60. The summed E-state index contributed by atoms with van der Waals surface area (Å²) in [6.45, 7) is 3.08. The first-order valence-electron chi connectivity index (χ1n) is 10.4. The Balaban J connectivity index is 1.31. The van der Waals surface area contributed by atoms with E-state index >= 15 is 0 Å². The van der Waals surface area contributed by atoms with Crippen LogP contribution in [0.1, 0.15) is 18.3 Å². The SMILES string of the molecule is CCc1nc(-n2ccc3c(cnc4nc(SCc5ccc6c(c5)OCCO6)nn43)c2=O)n[nH]1. The minimum Gasteiger partial charge on any atom is -0.486 e. The molecule has 1 aliphatic heterocycles. The normalized spacial score (nSPS) is 13.1. The van der Waals surface area contributed by atoms with Crippen molar-refractivity contribution < 1.29 is 9.47 Å². The molecule has 5 heterocycles.